The lowest BCUT2D eigenvalue weighted by molar-refractivity contribution is -0.146. The van der Waals surface area contributed by atoms with Crippen LogP contribution in [-0.2, 0) is 9.53 Å². The van der Waals surface area contributed by atoms with Crippen LogP contribution in [0.3, 0.4) is 0 Å². The maximum absolute atomic E-state index is 11.8. The van der Waals surface area contributed by atoms with Crippen LogP contribution >= 0.6 is 11.8 Å². The van der Waals surface area contributed by atoms with Crippen molar-refractivity contribution >= 4 is 23.7 Å². The molecule has 2 heterocycles. The number of carbonyl (C=O) groups excluding carboxylic acids is 1. The molecule has 0 aromatic heterocycles. The van der Waals surface area contributed by atoms with Crippen LogP contribution in [0.2, 0.25) is 0 Å². The number of rotatable bonds is 5. The van der Waals surface area contributed by atoms with Crippen molar-refractivity contribution in [3.63, 3.8) is 0 Å². The van der Waals surface area contributed by atoms with Gasteiger partial charge in [-0.15, -0.1) is 0 Å². The third-order valence-electron chi connectivity index (χ3n) is 6.40. The molecular weight excluding hydrogens is 360 g/mol. The minimum Gasteiger partial charge on any atom is -0.469 e. The van der Waals surface area contributed by atoms with Gasteiger partial charge in [0.05, 0.1) is 19.6 Å². The van der Waals surface area contributed by atoms with E-state index in [1.54, 1.807) is 0 Å². The molecule has 0 unspecified atom stereocenters. The van der Waals surface area contributed by atoms with Gasteiger partial charge in [-0.1, -0.05) is 12.8 Å². The van der Waals surface area contributed by atoms with Gasteiger partial charge < -0.3 is 15.0 Å². The van der Waals surface area contributed by atoms with Crippen LogP contribution in [0.4, 0.5) is 0 Å². The molecule has 6 nitrogen and oxygen atoms in total. The van der Waals surface area contributed by atoms with Crippen molar-refractivity contribution in [1.29, 1.82) is 0 Å². The average molecular weight is 397 g/mol. The van der Waals surface area contributed by atoms with Gasteiger partial charge in [0, 0.05) is 49.8 Å². The Labute approximate surface area is 168 Å². The molecule has 0 spiro atoms. The van der Waals surface area contributed by atoms with Crippen LogP contribution in [-0.4, -0.2) is 85.2 Å². The lowest BCUT2D eigenvalue weighted by Crippen LogP contribution is -2.53. The monoisotopic (exact) mass is 396 g/mol. The number of piperidine rings is 1. The molecule has 0 atom stereocenters. The van der Waals surface area contributed by atoms with E-state index in [0.29, 0.717) is 0 Å². The molecule has 0 bridgehead atoms. The first-order valence-corrected chi connectivity index (χ1v) is 11.8. The van der Waals surface area contributed by atoms with Crippen molar-refractivity contribution in [2.45, 2.75) is 51.0 Å². The summed E-state index contributed by atoms with van der Waals surface area (Å²) in [5.74, 6) is 3.52. The quantitative estimate of drug-likeness (QED) is 0.437. The molecule has 1 N–H and O–H groups in total. The summed E-state index contributed by atoms with van der Waals surface area (Å²) in [6.45, 7) is 8.07. The maximum Gasteiger partial charge on any atom is 0.308 e. The normalized spacial score (nSPS) is 24.8. The lowest BCUT2D eigenvalue weighted by atomic mass is 9.94. The van der Waals surface area contributed by atoms with Crippen LogP contribution < -0.4 is 5.32 Å². The SMILES string of the molecule is CCNC(=NCC1(N2CCSCC2)CCCC1)N1CCC(C(=O)OC)CC1. The Bertz CT molecular complexity index is 508. The number of likely N-dealkylation sites (tertiary alicyclic amines) is 1. The number of aliphatic imine (C=N–C) groups is 1. The molecule has 7 heteroatoms. The van der Waals surface area contributed by atoms with Crippen LogP contribution in [0.5, 0.6) is 0 Å². The Kier molecular flexibility index (Phi) is 7.70. The highest BCUT2D eigenvalue weighted by Gasteiger charge is 2.40. The highest BCUT2D eigenvalue weighted by molar-refractivity contribution is 7.99. The van der Waals surface area contributed by atoms with Gasteiger partial charge in [-0.2, -0.15) is 11.8 Å². The van der Waals surface area contributed by atoms with E-state index < -0.39 is 0 Å². The van der Waals surface area contributed by atoms with Gasteiger partial charge >= 0.3 is 5.97 Å². The highest BCUT2D eigenvalue weighted by Crippen LogP contribution is 2.37. The van der Waals surface area contributed by atoms with E-state index in [1.165, 1.54) is 57.4 Å². The Morgan fingerprint density at radius 2 is 1.85 bits per heavy atom. The number of ether oxygens (including phenoxy) is 1. The van der Waals surface area contributed by atoms with Crippen LogP contribution in [0.25, 0.3) is 0 Å². The van der Waals surface area contributed by atoms with E-state index in [-0.39, 0.29) is 17.4 Å². The fourth-order valence-corrected chi connectivity index (χ4v) is 5.69. The molecule has 0 amide bonds. The zero-order valence-corrected chi connectivity index (χ0v) is 17.9. The zero-order chi connectivity index (χ0) is 19.1. The maximum atomic E-state index is 11.8. The number of guanidine groups is 1. The standard InChI is InChI=1S/C20H36N4O2S/c1-3-21-19(23-10-6-17(7-11-23)18(25)26-2)22-16-20(8-4-5-9-20)24-12-14-27-15-13-24/h17H,3-16H2,1-2H3,(H,21,22). The number of nitrogens with one attached hydrogen (secondary N) is 1. The first-order chi connectivity index (χ1) is 13.2. The number of esters is 1. The molecule has 0 radical (unpaired) electrons. The van der Waals surface area contributed by atoms with Crippen LogP contribution in [0.1, 0.15) is 45.4 Å². The summed E-state index contributed by atoms with van der Waals surface area (Å²) >= 11 is 2.08. The van der Waals surface area contributed by atoms with E-state index >= 15 is 0 Å². The summed E-state index contributed by atoms with van der Waals surface area (Å²) in [6, 6.07) is 0. The predicted octanol–water partition coefficient (Wildman–Crippen LogP) is 2.20. The molecule has 1 aliphatic carbocycles. The summed E-state index contributed by atoms with van der Waals surface area (Å²) in [7, 11) is 1.49. The minimum absolute atomic E-state index is 0.0427. The summed E-state index contributed by atoms with van der Waals surface area (Å²) in [6.07, 6.45) is 6.94. The molecular formula is C20H36N4O2S. The van der Waals surface area contributed by atoms with Crippen molar-refractivity contribution < 1.29 is 9.53 Å². The van der Waals surface area contributed by atoms with E-state index in [0.717, 1.165) is 45.0 Å². The molecule has 3 fully saturated rings. The molecule has 27 heavy (non-hydrogen) atoms. The molecule has 2 saturated heterocycles. The second-order valence-corrected chi connectivity index (χ2v) is 9.21. The fourth-order valence-electron chi connectivity index (χ4n) is 4.79. The Hall–Kier alpha value is -0.950. The Morgan fingerprint density at radius 1 is 1.19 bits per heavy atom. The Morgan fingerprint density at radius 3 is 2.44 bits per heavy atom. The van der Waals surface area contributed by atoms with Crippen molar-refractivity contribution in [3.05, 3.63) is 0 Å². The van der Waals surface area contributed by atoms with Crippen molar-refractivity contribution in [2.24, 2.45) is 10.9 Å². The van der Waals surface area contributed by atoms with E-state index in [1.807, 2.05) is 0 Å². The van der Waals surface area contributed by atoms with Gasteiger partial charge in [0.2, 0.25) is 0 Å². The number of carbonyl (C=O) groups is 1. The average Bonchev–Trinajstić information content (AvgIpc) is 3.21. The first kappa shape index (κ1) is 20.8. The molecule has 2 aliphatic heterocycles. The molecule has 3 aliphatic rings. The smallest absolute Gasteiger partial charge is 0.308 e. The van der Waals surface area contributed by atoms with Gasteiger partial charge in [0.15, 0.2) is 5.96 Å². The molecule has 3 rings (SSSR count). The van der Waals surface area contributed by atoms with Gasteiger partial charge in [-0.25, -0.2) is 0 Å². The summed E-state index contributed by atoms with van der Waals surface area (Å²) in [4.78, 5) is 22.0. The lowest BCUT2D eigenvalue weighted by Gasteiger charge is -2.43. The van der Waals surface area contributed by atoms with Crippen LogP contribution in [0, 0.1) is 5.92 Å². The first-order valence-electron chi connectivity index (χ1n) is 10.6. The summed E-state index contributed by atoms with van der Waals surface area (Å²) in [5, 5.41) is 3.49. The van der Waals surface area contributed by atoms with Crippen LogP contribution in [0.15, 0.2) is 4.99 Å². The topological polar surface area (TPSA) is 57.2 Å². The Balaban J connectivity index is 1.65. The third kappa shape index (κ3) is 5.11. The minimum atomic E-state index is -0.0653. The highest BCUT2D eigenvalue weighted by atomic mass is 32.2. The van der Waals surface area contributed by atoms with Gasteiger partial charge in [0.1, 0.15) is 0 Å². The zero-order valence-electron chi connectivity index (χ0n) is 17.0. The van der Waals surface area contributed by atoms with Crippen molar-refractivity contribution in [3.8, 4) is 0 Å². The fraction of sp³-hybridized carbons (Fsp3) is 0.900. The number of hydrogen-bond acceptors (Lipinski definition) is 5. The summed E-state index contributed by atoms with van der Waals surface area (Å²) in [5.41, 5.74) is 0.270. The van der Waals surface area contributed by atoms with E-state index in [4.69, 9.17) is 9.73 Å². The van der Waals surface area contributed by atoms with Gasteiger partial charge in [-0.05, 0) is 32.6 Å². The van der Waals surface area contributed by atoms with Gasteiger partial charge in [0.25, 0.3) is 0 Å². The number of nitrogens with zero attached hydrogens (tertiary/aromatic N) is 3. The van der Waals surface area contributed by atoms with Crippen molar-refractivity contribution in [2.75, 3.05) is 57.9 Å². The third-order valence-corrected chi connectivity index (χ3v) is 7.35. The van der Waals surface area contributed by atoms with E-state index in [2.05, 4.69) is 33.8 Å². The second-order valence-electron chi connectivity index (χ2n) is 7.99. The largest absolute Gasteiger partial charge is 0.469 e. The van der Waals surface area contributed by atoms with Crippen molar-refractivity contribution in [1.82, 2.24) is 15.1 Å². The molecule has 0 aromatic carbocycles. The predicted molar refractivity (Wildman–Crippen MR) is 112 cm³/mol. The summed E-state index contributed by atoms with van der Waals surface area (Å²) < 4.78 is 4.92. The van der Waals surface area contributed by atoms with E-state index in [9.17, 15) is 4.79 Å². The number of thioether (sulfide) groups is 1. The molecule has 0 aromatic rings. The van der Waals surface area contributed by atoms with Gasteiger partial charge in [-0.3, -0.25) is 14.7 Å². The number of methoxy groups -OCH3 is 1. The number of hydrogen-bond donors (Lipinski definition) is 1. The molecule has 154 valence electrons. The molecule has 1 saturated carbocycles. The second kappa shape index (κ2) is 10.0.